The summed E-state index contributed by atoms with van der Waals surface area (Å²) in [5.41, 5.74) is 2.90. The van der Waals surface area contributed by atoms with Crippen molar-refractivity contribution in [1.82, 2.24) is 0 Å². The van der Waals surface area contributed by atoms with E-state index in [2.05, 4.69) is 27.7 Å². The molecule has 0 heterocycles. The van der Waals surface area contributed by atoms with Crippen LogP contribution in [0.4, 0.5) is 0 Å². The van der Waals surface area contributed by atoms with Gasteiger partial charge < -0.3 is 0 Å². The van der Waals surface area contributed by atoms with Crippen LogP contribution in [0, 0.1) is 17.3 Å². The molecule has 0 aliphatic heterocycles. The molecule has 0 bridgehead atoms. The van der Waals surface area contributed by atoms with E-state index in [-0.39, 0.29) is 0 Å². The van der Waals surface area contributed by atoms with Crippen molar-refractivity contribution in [1.29, 1.82) is 0 Å². The molecule has 0 radical (unpaired) electrons. The van der Waals surface area contributed by atoms with Crippen LogP contribution in [-0.2, 0) is 4.79 Å². The van der Waals surface area contributed by atoms with Gasteiger partial charge in [0.15, 0.2) is 5.78 Å². The molecule has 0 aromatic carbocycles. The van der Waals surface area contributed by atoms with Gasteiger partial charge in [0.1, 0.15) is 0 Å². The first-order chi connectivity index (χ1) is 5.96. The average Bonchev–Trinajstić information content (AvgIpc) is 2.40. The number of Topliss-reactive ketones (excluding diaryl/α,β-unsaturated/α-hetero) is 1. The van der Waals surface area contributed by atoms with Crippen LogP contribution in [0.1, 0.15) is 40.5 Å². The van der Waals surface area contributed by atoms with Crippen molar-refractivity contribution in [2.75, 3.05) is 0 Å². The molecule has 0 amide bonds. The number of hydrogen-bond donors (Lipinski definition) is 0. The van der Waals surface area contributed by atoms with Crippen LogP contribution in [0.3, 0.4) is 0 Å². The first kappa shape index (κ1) is 8.98. The highest BCUT2D eigenvalue weighted by molar-refractivity contribution is 5.99. The predicted octanol–water partition coefficient (Wildman–Crippen LogP) is 2.96. The zero-order chi connectivity index (χ0) is 9.80. The molecule has 2 atom stereocenters. The van der Waals surface area contributed by atoms with Crippen molar-refractivity contribution < 1.29 is 4.79 Å². The molecular formula is C12H18O. The van der Waals surface area contributed by atoms with E-state index in [0.717, 1.165) is 12.8 Å². The molecule has 1 fully saturated rings. The lowest BCUT2D eigenvalue weighted by Gasteiger charge is -2.04. The molecule has 0 N–H and O–H groups in total. The minimum atomic E-state index is 0.372. The lowest BCUT2D eigenvalue weighted by molar-refractivity contribution is -0.115. The van der Waals surface area contributed by atoms with E-state index in [1.165, 1.54) is 11.1 Å². The molecule has 1 nitrogen and oxygen atoms in total. The molecular weight excluding hydrogens is 160 g/mol. The lowest BCUT2D eigenvalue weighted by Crippen LogP contribution is -2.02. The van der Waals surface area contributed by atoms with Crippen LogP contribution in [0.15, 0.2) is 11.1 Å². The van der Waals surface area contributed by atoms with Gasteiger partial charge in [0.2, 0.25) is 0 Å². The van der Waals surface area contributed by atoms with Gasteiger partial charge in [-0.05, 0) is 36.2 Å². The summed E-state index contributed by atoms with van der Waals surface area (Å²) in [4.78, 5) is 11.6. The van der Waals surface area contributed by atoms with Gasteiger partial charge >= 0.3 is 0 Å². The number of hydrogen-bond acceptors (Lipinski definition) is 1. The summed E-state index contributed by atoms with van der Waals surface area (Å²) in [7, 11) is 0. The highest BCUT2D eigenvalue weighted by atomic mass is 16.1. The van der Waals surface area contributed by atoms with E-state index in [1.54, 1.807) is 0 Å². The van der Waals surface area contributed by atoms with Gasteiger partial charge in [0.25, 0.3) is 0 Å². The third-order valence-corrected chi connectivity index (χ3v) is 4.16. The second-order valence-corrected chi connectivity index (χ2v) is 5.20. The van der Waals surface area contributed by atoms with E-state index >= 15 is 0 Å². The maximum atomic E-state index is 11.6. The van der Waals surface area contributed by atoms with E-state index < -0.39 is 0 Å². The number of ketones is 1. The topological polar surface area (TPSA) is 17.1 Å². The lowest BCUT2D eigenvalue weighted by atomic mass is 10.00. The number of carbonyl (C=O) groups excluding carboxylic acids is 1. The minimum Gasteiger partial charge on any atom is -0.295 e. The summed E-state index contributed by atoms with van der Waals surface area (Å²) in [5, 5.41) is 0. The fourth-order valence-electron chi connectivity index (χ4n) is 2.76. The molecule has 0 spiro atoms. The number of carbonyl (C=O) groups is 1. The second-order valence-electron chi connectivity index (χ2n) is 5.20. The smallest absolute Gasteiger partial charge is 0.159 e. The highest BCUT2D eigenvalue weighted by Gasteiger charge is 2.58. The fraction of sp³-hybridized carbons (Fsp3) is 0.750. The van der Waals surface area contributed by atoms with Gasteiger partial charge in [-0.25, -0.2) is 0 Å². The summed E-state index contributed by atoms with van der Waals surface area (Å²) >= 11 is 0. The Morgan fingerprint density at radius 2 is 1.85 bits per heavy atom. The normalized spacial score (nSPS) is 37.1. The van der Waals surface area contributed by atoms with Crippen molar-refractivity contribution >= 4 is 5.78 Å². The Hall–Kier alpha value is -0.590. The van der Waals surface area contributed by atoms with E-state index in [4.69, 9.17) is 0 Å². The second kappa shape index (κ2) is 2.46. The molecule has 0 aromatic heterocycles. The van der Waals surface area contributed by atoms with Crippen molar-refractivity contribution in [2.24, 2.45) is 17.3 Å². The number of allylic oxidation sites excluding steroid dienone is 2. The first-order valence-electron chi connectivity index (χ1n) is 5.19. The Kier molecular flexibility index (Phi) is 1.70. The van der Waals surface area contributed by atoms with Crippen LogP contribution in [0.5, 0.6) is 0 Å². The predicted molar refractivity (Wildman–Crippen MR) is 53.4 cm³/mol. The standard InChI is InChI=1S/C12H18O/c1-7-5-6-9(13)10(7)11-8(2)12(11,3)4/h8,11H,5-6H2,1-4H3. The summed E-state index contributed by atoms with van der Waals surface area (Å²) in [6.07, 6.45) is 1.77. The van der Waals surface area contributed by atoms with Crippen molar-refractivity contribution in [3.63, 3.8) is 0 Å². The van der Waals surface area contributed by atoms with Gasteiger partial charge in [0.05, 0.1) is 0 Å². The summed E-state index contributed by atoms with van der Waals surface area (Å²) in [5.74, 6) is 1.67. The molecule has 0 aromatic rings. The largest absolute Gasteiger partial charge is 0.295 e. The Balaban J connectivity index is 2.29. The first-order valence-corrected chi connectivity index (χ1v) is 5.19. The zero-order valence-corrected chi connectivity index (χ0v) is 8.98. The molecule has 1 heteroatoms. The van der Waals surface area contributed by atoms with Crippen molar-refractivity contribution in [3.05, 3.63) is 11.1 Å². The quantitative estimate of drug-likeness (QED) is 0.603. The maximum absolute atomic E-state index is 11.6. The zero-order valence-electron chi connectivity index (χ0n) is 8.98. The third-order valence-electron chi connectivity index (χ3n) is 4.16. The van der Waals surface area contributed by atoms with E-state index in [9.17, 15) is 4.79 Å². The summed E-state index contributed by atoms with van der Waals surface area (Å²) in [6, 6.07) is 0. The third kappa shape index (κ3) is 1.09. The van der Waals surface area contributed by atoms with Gasteiger partial charge in [0, 0.05) is 6.42 Å². The molecule has 2 rings (SSSR count). The molecule has 2 unspecified atom stereocenters. The Bertz CT molecular complexity index is 296. The van der Waals surface area contributed by atoms with E-state index in [0.29, 0.717) is 23.0 Å². The van der Waals surface area contributed by atoms with Gasteiger partial charge in [-0.1, -0.05) is 26.3 Å². The highest BCUT2D eigenvalue weighted by Crippen LogP contribution is 2.62. The van der Waals surface area contributed by atoms with Crippen LogP contribution in [0.25, 0.3) is 0 Å². The summed E-state index contributed by atoms with van der Waals surface area (Å²) in [6.45, 7) is 8.93. The van der Waals surface area contributed by atoms with Crippen LogP contribution in [-0.4, -0.2) is 5.78 Å². The van der Waals surface area contributed by atoms with Crippen LogP contribution in [0.2, 0.25) is 0 Å². The molecule has 0 saturated heterocycles. The molecule has 72 valence electrons. The number of rotatable bonds is 1. The molecule has 13 heavy (non-hydrogen) atoms. The monoisotopic (exact) mass is 178 g/mol. The van der Waals surface area contributed by atoms with Gasteiger partial charge in [-0.15, -0.1) is 0 Å². The van der Waals surface area contributed by atoms with E-state index in [1.807, 2.05) is 0 Å². The molecule has 2 aliphatic rings. The maximum Gasteiger partial charge on any atom is 0.159 e. The average molecular weight is 178 g/mol. The van der Waals surface area contributed by atoms with Crippen molar-refractivity contribution in [3.8, 4) is 0 Å². The van der Waals surface area contributed by atoms with Crippen LogP contribution >= 0.6 is 0 Å². The minimum absolute atomic E-state index is 0.372. The fourth-order valence-corrected chi connectivity index (χ4v) is 2.76. The SMILES string of the molecule is CC1=C(C2C(C)C2(C)C)C(=O)CC1. The van der Waals surface area contributed by atoms with Gasteiger partial charge in [-0.2, -0.15) is 0 Å². The molecule has 1 saturated carbocycles. The Labute approximate surface area is 80.2 Å². The van der Waals surface area contributed by atoms with Crippen molar-refractivity contribution in [2.45, 2.75) is 40.5 Å². The Morgan fingerprint density at radius 1 is 1.31 bits per heavy atom. The summed E-state index contributed by atoms with van der Waals surface area (Å²) < 4.78 is 0. The van der Waals surface area contributed by atoms with Gasteiger partial charge in [-0.3, -0.25) is 4.79 Å². The Morgan fingerprint density at radius 3 is 2.15 bits per heavy atom. The molecule has 2 aliphatic carbocycles. The van der Waals surface area contributed by atoms with Crippen LogP contribution < -0.4 is 0 Å².